The molecule has 1 aliphatic rings. The van der Waals surface area contributed by atoms with E-state index in [1.807, 2.05) is 0 Å². The minimum Gasteiger partial charge on any atom is -0.308 e. The van der Waals surface area contributed by atoms with Gasteiger partial charge in [-0.1, -0.05) is 6.07 Å². The highest BCUT2D eigenvalue weighted by Gasteiger charge is 2.35. The van der Waals surface area contributed by atoms with E-state index in [-0.39, 0.29) is 5.56 Å². The standard InChI is InChI=1S/C9H6FNO2/c1-11-6-4-2-3-5(10)7(6)8(12)9(11)13/h2-4H,1H3. The van der Waals surface area contributed by atoms with Gasteiger partial charge in [0.2, 0.25) is 0 Å². The van der Waals surface area contributed by atoms with Crippen LogP contribution in [0.15, 0.2) is 18.2 Å². The molecule has 0 unspecified atom stereocenters. The number of carbonyl (C=O) groups is 2. The van der Waals surface area contributed by atoms with Crippen LogP contribution in [0.2, 0.25) is 0 Å². The lowest BCUT2D eigenvalue weighted by Gasteiger charge is -2.07. The van der Waals surface area contributed by atoms with E-state index in [0.717, 1.165) is 4.90 Å². The number of amides is 1. The lowest BCUT2D eigenvalue weighted by atomic mass is 10.1. The number of Topliss-reactive ketones (excluding diaryl/α,β-unsaturated/α-hetero) is 1. The fourth-order valence-electron chi connectivity index (χ4n) is 1.39. The summed E-state index contributed by atoms with van der Waals surface area (Å²) in [4.78, 5) is 23.5. The maximum absolute atomic E-state index is 13.1. The van der Waals surface area contributed by atoms with E-state index >= 15 is 0 Å². The predicted molar refractivity (Wildman–Crippen MR) is 44.1 cm³/mol. The summed E-state index contributed by atoms with van der Waals surface area (Å²) < 4.78 is 13.1. The SMILES string of the molecule is CN1C(=O)C(=O)c2c(F)cccc21. The van der Waals surface area contributed by atoms with E-state index in [4.69, 9.17) is 0 Å². The zero-order chi connectivity index (χ0) is 9.59. The lowest BCUT2D eigenvalue weighted by molar-refractivity contribution is -0.114. The Bertz CT molecular complexity index is 414. The number of likely N-dealkylation sites (N-methyl/N-ethyl adjacent to an activating group) is 1. The van der Waals surface area contributed by atoms with Crippen LogP contribution in [0.3, 0.4) is 0 Å². The first kappa shape index (κ1) is 7.91. The van der Waals surface area contributed by atoms with Crippen LogP contribution in [-0.2, 0) is 4.79 Å². The molecule has 66 valence electrons. The molecule has 2 rings (SSSR count). The van der Waals surface area contributed by atoms with Crippen molar-refractivity contribution in [1.29, 1.82) is 0 Å². The minimum absolute atomic E-state index is 0.116. The van der Waals surface area contributed by atoms with Crippen molar-refractivity contribution in [3.63, 3.8) is 0 Å². The molecule has 1 heterocycles. The Hall–Kier alpha value is -1.71. The van der Waals surface area contributed by atoms with Crippen molar-refractivity contribution in [1.82, 2.24) is 0 Å². The number of anilines is 1. The third-order valence-corrected chi connectivity index (χ3v) is 2.08. The van der Waals surface area contributed by atoms with Gasteiger partial charge >= 0.3 is 0 Å². The largest absolute Gasteiger partial charge is 0.308 e. The van der Waals surface area contributed by atoms with Gasteiger partial charge in [0.15, 0.2) is 0 Å². The highest BCUT2D eigenvalue weighted by Crippen LogP contribution is 2.28. The summed E-state index contributed by atoms with van der Waals surface area (Å²) in [5, 5.41) is 0. The Morgan fingerprint density at radius 1 is 1.31 bits per heavy atom. The fourth-order valence-corrected chi connectivity index (χ4v) is 1.39. The Morgan fingerprint density at radius 3 is 2.62 bits per heavy atom. The third kappa shape index (κ3) is 0.884. The highest BCUT2D eigenvalue weighted by molar-refractivity contribution is 6.52. The van der Waals surface area contributed by atoms with Gasteiger partial charge in [-0.2, -0.15) is 0 Å². The normalized spacial score (nSPS) is 15.1. The third-order valence-electron chi connectivity index (χ3n) is 2.08. The number of carbonyl (C=O) groups excluding carboxylic acids is 2. The van der Waals surface area contributed by atoms with E-state index in [2.05, 4.69) is 0 Å². The molecule has 4 heteroatoms. The van der Waals surface area contributed by atoms with E-state index in [0.29, 0.717) is 5.69 Å². The van der Waals surface area contributed by atoms with Crippen molar-refractivity contribution in [2.45, 2.75) is 0 Å². The van der Waals surface area contributed by atoms with Crippen molar-refractivity contribution in [2.75, 3.05) is 11.9 Å². The second-order valence-electron chi connectivity index (χ2n) is 2.83. The van der Waals surface area contributed by atoms with Crippen molar-refractivity contribution < 1.29 is 14.0 Å². The van der Waals surface area contributed by atoms with Crippen LogP contribution in [0.1, 0.15) is 10.4 Å². The zero-order valence-corrected chi connectivity index (χ0v) is 6.87. The van der Waals surface area contributed by atoms with Crippen LogP contribution in [0, 0.1) is 5.82 Å². The van der Waals surface area contributed by atoms with E-state index in [1.54, 1.807) is 6.07 Å². The van der Waals surface area contributed by atoms with Crippen molar-refractivity contribution >= 4 is 17.4 Å². The summed E-state index contributed by atoms with van der Waals surface area (Å²) in [6.45, 7) is 0. The smallest absolute Gasteiger partial charge is 0.299 e. The van der Waals surface area contributed by atoms with Crippen molar-refractivity contribution in [3.8, 4) is 0 Å². The summed E-state index contributed by atoms with van der Waals surface area (Å²) >= 11 is 0. The first-order valence-electron chi connectivity index (χ1n) is 3.74. The molecule has 0 atom stereocenters. The van der Waals surface area contributed by atoms with Gasteiger partial charge in [-0.3, -0.25) is 9.59 Å². The van der Waals surface area contributed by atoms with Crippen LogP contribution in [-0.4, -0.2) is 18.7 Å². The molecule has 0 aromatic heterocycles. The lowest BCUT2D eigenvalue weighted by Crippen LogP contribution is -2.24. The molecule has 0 N–H and O–H groups in total. The van der Waals surface area contributed by atoms with Crippen LogP contribution in [0.5, 0.6) is 0 Å². The highest BCUT2D eigenvalue weighted by atomic mass is 19.1. The molecule has 0 fully saturated rings. The molecule has 1 aromatic carbocycles. The number of benzene rings is 1. The molecule has 0 bridgehead atoms. The summed E-state index contributed by atoms with van der Waals surface area (Å²) in [5.41, 5.74) is 0.227. The Morgan fingerprint density at radius 2 is 2.00 bits per heavy atom. The van der Waals surface area contributed by atoms with Crippen LogP contribution in [0.4, 0.5) is 10.1 Å². The molecule has 1 aliphatic heterocycles. The summed E-state index contributed by atoms with van der Waals surface area (Å²) in [5.74, 6) is -2.09. The van der Waals surface area contributed by atoms with Crippen LogP contribution < -0.4 is 4.90 Å². The zero-order valence-electron chi connectivity index (χ0n) is 6.87. The van der Waals surface area contributed by atoms with Gasteiger partial charge in [-0.25, -0.2) is 4.39 Å². The van der Waals surface area contributed by atoms with E-state index in [1.165, 1.54) is 19.2 Å². The number of hydrogen-bond acceptors (Lipinski definition) is 2. The molecule has 3 nitrogen and oxygen atoms in total. The summed E-state index contributed by atoms with van der Waals surface area (Å²) in [7, 11) is 1.45. The van der Waals surface area contributed by atoms with E-state index in [9.17, 15) is 14.0 Å². The summed E-state index contributed by atoms with van der Waals surface area (Å²) in [6.07, 6.45) is 0. The average Bonchev–Trinajstić information content (AvgIpc) is 2.33. The molecule has 13 heavy (non-hydrogen) atoms. The molecule has 0 radical (unpaired) electrons. The van der Waals surface area contributed by atoms with Gasteiger partial charge < -0.3 is 4.90 Å². The molecule has 0 saturated heterocycles. The topological polar surface area (TPSA) is 37.4 Å². The van der Waals surface area contributed by atoms with Gasteiger partial charge in [0.1, 0.15) is 5.82 Å². The molecular weight excluding hydrogens is 173 g/mol. The molecular formula is C9H6FNO2. The summed E-state index contributed by atoms with van der Waals surface area (Å²) in [6, 6.07) is 4.18. The van der Waals surface area contributed by atoms with Gasteiger partial charge in [-0.05, 0) is 12.1 Å². The second-order valence-corrected chi connectivity index (χ2v) is 2.83. The number of nitrogens with zero attached hydrogens (tertiary/aromatic N) is 1. The quantitative estimate of drug-likeness (QED) is 0.557. The van der Waals surface area contributed by atoms with Crippen LogP contribution >= 0.6 is 0 Å². The van der Waals surface area contributed by atoms with E-state index < -0.39 is 17.5 Å². The first-order valence-corrected chi connectivity index (χ1v) is 3.74. The van der Waals surface area contributed by atoms with Crippen molar-refractivity contribution in [2.24, 2.45) is 0 Å². The number of fused-ring (bicyclic) bond motifs is 1. The fraction of sp³-hybridized carbons (Fsp3) is 0.111. The Balaban J connectivity index is 2.73. The second kappa shape index (κ2) is 2.39. The molecule has 1 amide bonds. The number of hydrogen-bond donors (Lipinski definition) is 0. The maximum atomic E-state index is 13.1. The maximum Gasteiger partial charge on any atom is 0.299 e. The minimum atomic E-state index is -0.768. The average molecular weight is 179 g/mol. The van der Waals surface area contributed by atoms with Gasteiger partial charge in [-0.15, -0.1) is 0 Å². The Kier molecular flexibility index (Phi) is 1.45. The van der Waals surface area contributed by atoms with Gasteiger partial charge in [0, 0.05) is 7.05 Å². The van der Waals surface area contributed by atoms with Crippen LogP contribution in [0.25, 0.3) is 0 Å². The van der Waals surface area contributed by atoms with Gasteiger partial charge in [0.05, 0.1) is 11.3 Å². The number of ketones is 1. The Labute approximate surface area is 73.8 Å². The predicted octanol–water partition coefficient (Wildman–Crippen LogP) is 0.985. The molecule has 0 spiro atoms. The number of rotatable bonds is 0. The molecule has 1 aromatic rings. The van der Waals surface area contributed by atoms with Gasteiger partial charge in [0.25, 0.3) is 11.7 Å². The number of halogens is 1. The van der Waals surface area contributed by atoms with Crippen molar-refractivity contribution in [3.05, 3.63) is 29.6 Å². The monoisotopic (exact) mass is 179 g/mol. The molecule has 0 aliphatic carbocycles. The molecule has 0 saturated carbocycles. The first-order chi connectivity index (χ1) is 6.13.